The molecule has 1 heterocycles. The summed E-state index contributed by atoms with van der Waals surface area (Å²) in [5.74, 6) is 0.805. The van der Waals surface area contributed by atoms with Crippen molar-refractivity contribution in [3.8, 4) is 10.9 Å². The molecule has 1 fully saturated rings. The van der Waals surface area contributed by atoms with Crippen molar-refractivity contribution in [2.24, 2.45) is 0 Å². The molecule has 0 radical (unpaired) electrons. The first-order valence-corrected chi connectivity index (χ1v) is 7.68. The third-order valence-electron chi connectivity index (χ3n) is 2.57. The number of hydrogen-bond acceptors (Lipinski definition) is 5. The van der Waals surface area contributed by atoms with Crippen molar-refractivity contribution in [3.63, 3.8) is 0 Å². The molecule has 1 aromatic carbocycles. The molecule has 0 amide bonds. The number of aromatic nitrogens is 2. The molecule has 18 heavy (non-hydrogen) atoms. The molecule has 1 aromatic heterocycles. The van der Waals surface area contributed by atoms with E-state index in [1.807, 2.05) is 24.3 Å². The van der Waals surface area contributed by atoms with Crippen LogP contribution in [-0.4, -0.2) is 16.2 Å². The highest BCUT2D eigenvalue weighted by molar-refractivity contribution is 14.1. The van der Waals surface area contributed by atoms with Crippen molar-refractivity contribution >= 4 is 33.9 Å². The summed E-state index contributed by atoms with van der Waals surface area (Å²) in [6.45, 7) is 0.790. The summed E-state index contributed by atoms with van der Waals surface area (Å²) in [6.07, 6.45) is 2.56. The van der Waals surface area contributed by atoms with Gasteiger partial charge in [0.25, 0.3) is 5.19 Å². The zero-order valence-corrected chi connectivity index (χ0v) is 12.6. The van der Waals surface area contributed by atoms with Gasteiger partial charge in [-0.05, 0) is 53.6 Å². The van der Waals surface area contributed by atoms with E-state index in [0.717, 1.165) is 20.9 Å². The van der Waals surface area contributed by atoms with Crippen LogP contribution in [0.5, 0.6) is 10.9 Å². The second-order valence-electron chi connectivity index (χ2n) is 4.18. The van der Waals surface area contributed by atoms with Crippen molar-refractivity contribution in [3.05, 3.63) is 32.8 Å². The van der Waals surface area contributed by atoms with Gasteiger partial charge < -0.3 is 10.1 Å². The molecular weight excluding hydrogens is 361 g/mol. The Hall–Kier alpha value is -0.730. The summed E-state index contributed by atoms with van der Waals surface area (Å²) < 4.78 is 6.82. The molecule has 0 saturated heterocycles. The summed E-state index contributed by atoms with van der Waals surface area (Å²) in [5, 5.41) is 13.1. The summed E-state index contributed by atoms with van der Waals surface area (Å²) in [4.78, 5) is 0. The van der Waals surface area contributed by atoms with Gasteiger partial charge in [-0.15, -0.1) is 5.10 Å². The lowest BCUT2D eigenvalue weighted by molar-refractivity contribution is 0.472. The Morgan fingerprint density at radius 3 is 3.06 bits per heavy atom. The number of nitrogens with one attached hydrogen (secondary N) is 1. The number of ether oxygens (including phenoxy) is 1. The summed E-state index contributed by atoms with van der Waals surface area (Å²) in [5.41, 5.74) is 0. The van der Waals surface area contributed by atoms with Gasteiger partial charge in [-0.1, -0.05) is 22.5 Å². The van der Waals surface area contributed by atoms with Gasteiger partial charge in [-0.3, -0.25) is 0 Å². The second-order valence-corrected chi connectivity index (χ2v) is 6.45. The largest absolute Gasteiger partial charge is 0.430 e. The van der Waals surface area contributed by atoms with Crippen molar-refractivity contribution in [2.45, 2.75) is 25.4 Å². The van der Waals surface area contributed by atoms with Crippen molar-refractivity contribution in [1.29, 1.82) is 0 Å². The highest BCUT2D eigenvalue weighted by atomic mass is 127. The van der Waals surface area contributed by atoms with Crippen LogP contribution in [0.3, 0.4) is 0 Å². The Kier molecular flexibility index (Phi) is 3.76. The molecule has 1 saturated carbocycles. The van der Waals surface area contributed by atoms with Crippen molar-refractivity contribution < 1.29 is 4.74 Å². The maximum atomic E-state index is 5.67. The molecule has 0 atom stereocenters. The monoisotopic (exact) mass is 373 g/mol. The van der Waals surface area contributed by atoms with Gasteiger partial charge in [0.1, 0.15) is 10.8 Å². The number of hydrogen-bond donors (Lipinski definition) is 1. The molecule has 4 nitrogen and oxygen atoms in total. The van der Waals surface area contributed by atoms with E-state index in [4.69, 9.17) is 4.74 Å². The Bertz CT molecular complexity index is 542. The normalized spacial score (nSPS) is 14.7. The molecule has 1 aliphatic rings. The van der Waals surface area contributed by atoms with Gasteiger partial charge in [0.05, 0.1) is 6.54 Å². The number of nitrogens with zero attached hydrogens (tertiary/aromatic N) is 2. The lowest BCUT2D eigenvalue weighted by Gasteiger charge is -2.00. The van der Waals surface area contributed by atoms with Crippen LogP contribution in [0.25, 0.3) is 0 Å². The van der Waals surface area contributed by atoms with Gasteiger partial charge >= 0.3 is 0 Å². The average molecular weight is 373 g/mol. The van der Waals surface area contributed by atoms with Gasteiger partial charge in [0.2, 0.25) is 0 Å². The zero-order valence-electron chi connectivity index (χ0n) is 9.60. The predicted molar refractivity (Wildman–Crippen MR) is 79.0 cm³/mol. The van der Waals surface area contributed by atoms with Crippen LogP contribution in [0.4, 0.5) is 0 Å². The molecule has 0 aliphatic heterocycles. The van der Waals surface area contributed by atoms with Crippen LogP contribution in [0.15, 0.2) is 24.3 Å². The molecule has 0 spiro atoms. The lowest BCUT2D eigenvalue weighted by atomic mass is 10.3. The number of halogens is 1. The third-order valence-corrected chi connectivity index (χ3v) is 4.04. The fraction of sp³-hybridized carbons (Fsp3) is 0.333. The minimum Gasteiger partial charge on any atom is -0.430 e. The Balaban J connectivity index is 1.61. The van der Waals surface area contributed by atoms with Crippen LogP contribution < -0.4 is 10.1 Å². The van der Waals surface area contributed by atoms with Crippen LogP contribution in [-0.2, 0) is 6.54 Å². The first kappa shape index (κ1) is 12.3. The summed E-state index contributed by atoms with van der Waals surface area (Å²) in [7, 11) is 0. The molecule has 0 unspecified atom stereocenters. The Morgan fingerprint density at radius 1 is 1.39 bits per heavy atom. The fourth-order valence-corrected chi connectivity index (χ4v) is 2.67. The van der Waals surface area contributed by atoms with Crippen LogP contribution in [0, 0.1) is 3.57 Å². The van der Waals surface area contributed by atoms with Crippen molar-refractivity contribution in [1.82, 2.24) is 15.5 Å². The Morgan fingerprint density at radius 2 is 2.28 bits per heavy atom. The minimum atomic E-state index is 0.601. The molecule has 1 aliphatic carbocycles. The van der Waals surface area contributed by atoms with E-state index in [-0.39, 0.29) is 0 Å². The van der Waals surface area contributed by atoms with E-state index in [2.05, 4.69) is 38.1 Å². The maximum absolute atomic E-state index is 5.67. The highest BCUT2D eigenvalue weighted by Crippen LogP contribution is 2.26. The molecule has 6 heteroatoms. The Labute approximate surface area is 123 Å². The van der Waals surface area contributed by atoms with Crippen LogP contribution in [0.2, 0.25) is 0 Å². The van der Waals surface area contributed by atoms with E-state index < -0.39 is 0 Å². The maximum Gasteiger partial charge on any atom is 0.299 e. The second kappa shape index (κ2) is 5.50. The SMILES string of the molecule is Ic1cccc(Oc2nnc(CNC3CC3)s2)c1. The molecular formula is C12H12IN3OS. The van der Waals surface area contributed by atoms with Gasteiger partial charge in [-0.25, -0.2) is 0 Å². The topological polar surface area (TPSA) is 47.0 Å². The molecule has 94 valence electrons. The average Bonchev–Trinajstić information content (AvgIpc) is 3.08. The van der Waals surface area contributed by atoms with Crippen molar-refractivity contribution in [2.75, 3.05) is 0 Å². The highest BCUT2D eigenvalue weighted by Gasteiger charge is 2.20. The lowest BCUT2D eigenvalue weighted by Crippen LogP contribution is -2.14. The minimum absolute atomic E-state index is 0.601. The van der Waals surface area contributed by atoms with E-state index in [0.29, 0.717) is 11.2 Å². The number of benzene rings is 1. The van der Waals surface area contributed by atoms with E-state index in [9.17, 15) is 0 Å². The molecule has 1 N–H and O–H groups in total. The molecule has 2 aromatic rings. The quantitative estimate of drug-likeness (QED) is 0.818. The summed E-state index contributed by atoms with van der Waals surface area (Å²) in [6, 6.07) is 8.58. The predicted octanol–water partition coefficient (Wildman–Crippen LogP) is 3.19. The zero-order chi connectivity index (χ0) is 12.4. The fourth-order valence-electron chi connectivity index (χ4n) is 1.50. The first-order valence-electron chi connectivity index (χ1n) is 5.79. The van der Waals surface area contributed by atoms with Crippen LogP contribution in [0.1, 0.15) is 17.8 Å². The number of rotatable bonds is 5. The molecule has 3 rings (SSSR count). The van der Waals surface area contributed by atoms with E-state index in [1.165, 1.54) is 24.2 Å². The third kappa shape index (κ3) is 3.39. The van der Waals surface area contributed by atoms with Crippen LogP contribution >= 0.6 is 33.9 Å². The van der Waals surface area contributed by atoms with E-state index >= 15 is 0 Å². The standard InChI is InChI=1S/C12H12IN3OS/c13-8-2-1-3-10(6-8)17-12-16-15-11(18-12)7-14-9-4-5-9/h1-3,6,9,14H,4-5,7H2. The molecule has 0 bridgehead atoms. The van der Waals surface area contributed by atoms with Gasteiger partial charge in [0.15, 0.2) is 0 Å². The summed E-state index contributed by atoms with van der Waals surface area (Å²) >= 11 is 3.75. The smallest absolute Gasteiger partial charge is 0.299 e. The van der Waals surface area contributed by atoms with Gasteiger partial charge in [0, 0.05) is 9.61 Å². The first-order chi connectivity index (χ1) is 8.79. The van der Waals surface area contributed by atoms with Gasteiger partial charge in [-0.2, -0.15) is 0 Å². The van der Waals surface area contributed by atoms with E-state index in [1.54, 1.807) is 0 Å².